The normalized spacial score (nSPS) is 13.7. The fourth-order valence-corrected chi connectivity index (χ4v) is 5.24. The monoisotopic (exact) mass is 592 g/mol. The molecule has 36 heavy (non-hydrogen) atoms. The van der Waals surface area contributed by atoms with E-state index < -0.39 is 0 Å². The Morgan fingerprint density at radius 1 is 1.03 bits per heavy atom. The summed E-state index contributed by atoms with van der Waals surface area (Å²) in [5.41, 5.74) is 10.7. The number of pyridine rings is 1. The molecule has 0 radical (unpaired) electrons. The van der Waals surface area contributed by atoms with E-state index in [2.05, 4.69) is 48.9 Å². The summed E-state index contributed by atoms with van der Waals surface area (Å²) in [7, 11) is 0. The maximum absolute atomic E-state index is 9.55. The second kappa shape index (κ2) is 11.1. The van der Waals surface area contributed by atoms with Gasteiger partial charge in [-0.05, 0) is 71.7 Å². The molecule has 0 aliphatic heterocycles. The van der Waals surface area contributed by atoms with Gasteiger partial charge in [-0.25, -0.2) is 14.6 Å². The summed E-state index contributed by atoms with van der Waals surface area (Å²) < 4.78 is 8.53. The first-order valence-electron chi connectivity index (χ1n) is 11.9. The Morgan fingerprint density at radius 2 is 1.81 bits per heavy atom. The van der Waals surface area contributed by atoms with Gasteiger partial charge in [0.05, 0.1) is 53.8 Å². The van der Waals surface area contributed by atoms with Crippen molar-refractivity contribution in [1.29, 1.82) is 5.26 Å². The third kappa shape index (κ3) is 5.68. The van der Waals surface area contributed by atoms with Crippen LogP contribution in [0, 0.1) is 20.8 Å². The van der Waals surface area contributed by atoms with Crippen molar-refractivity contribution in [3.8, 4) is 28.7 Å². The van der Waals surface area contributed by atoms with Crippen LogP contribution in [0.4, 0.5) is 5.95 Å². The molecule has 3 heterocycles. The Morgan fingerprint density at radius 3 is 2.64 bits per heavy atom. The van der Waals surface area contributed by atoms with Crippen LogP contribution >= 0.6 is 22.6 Å². The highest BCUT2D eigenvalue weighted by molar-refractivity contribution is 14.1. The number of nitriles is 1. The number of aromatic nitrogens is 6. The van der Waals surface area contributed by atoms with Crippen molar-refractivity contribution in [1.82, 2.24) is 29.9 Å². The molecule has 9 nitrogen and oxygen atoms in total. The van der Waals surface area contributed by atoms with Crippen LogP contribution in [0.1, 0.15) is 42.6 Å². The quantitative estimate of drug-likeness (QED) is 0.294. The van der Waals surface area contributed by atoms with E-state index >= 15 is 0 Å². The Kier molecular flexibility index (Phi) is 7.48. The molecule has 0 saturated heterocycles. The van der Waals surface area contributed by atoms with Gasteiger partial charge >= 0.3 is 0 Å². The number of halogens is 1. The van der Waals surface area contributed by atoms with Crippen LogP contribution in [0.15, 0.2) is 48.7 Å². The molecule has 0 bridgehead atoms. The number of anilines is 1. The van der Waals surface area contributed by atoms with Crippen molar-refractivity contribution in [3.63, 3.8) is 0 Å². The van der Waals surface area contributed by atoms with E-state index in [9.17, 15) is 5.26 Å². The zero-order valence-electron chi connectivity index (χ0n) is 19.6. The third-order valence-electron chi connectivity index (χ3n) is 6.20. The second-order valence-electron chi connectivity index (χ2n) is 8.86. The van der Waals surface area contributed by atoms with Gasteiger partial charge in [0.25, 0.3) is 0 Å². The number of rotatable bonds is 8. The number of ether oxygens (including phenoxy) is 1. The zero-order valence-corrected chi connectivity index (χ0v) is 21.8. The summed E-state index contributed by atoms with van der Waals surface area (Å²) in [6.45, 7) is 1.78. The van der Waals surface area contributed by atoms with Crippen molar-refractivity contribution in [2.75, 3.05) is 12.3 Å². The third-order valence-corrected chi connectivity index (χ3v) is 7.10. The lowest BCUT2D eigenvalue weighted by Crippen LogP contribution is -2.08. The molecule has 2 N–H and O–H groups in total. The van der Waals surface area contributed by atoms with Crippen LogP contribution in [0.5, 0.6) is 0 Å². The van der Waals surface area contributed by atoms with Gasteiger partial charge in [0.1, 0.15) is 5.69 Å². The lowest BCUT2D eigenvalue weighted by atomic mass is 10.0. The van der Waals surface area contributed by atoms with E-state index in [4.69, 9.17) is 15.5 Å². The van der Waals surface area contributed by atoms with Crippen LogP contribution in [0.2, 0.25) is 0 Å². The summed E-state index contributed by atoms with van der Waals surface area (Å²) in [6, 6.07) is 15.5. The Bertz CT molecular complexity index is 1410. The average Bonchev–Trinajstić information content (AvgIpc) is 3.56. The summed E-state index contributed by atoms with van der Waals surface area (Å²) in [4.78, 5) is 13.4. The van der Waals surface area contributed by atoms with Gasteiger partial charge in [0.15, 0.2) is 0 Å². The molecule has 182 valence electrons. The molecule has 1 aliphatic rings. The zero-order chi connectivity index (χ0) is 24.9. The van der Waals surface area contributed by atoms with Crippen LogP contribution in [0.25, 0.3) is 22.6 Å². The molecule has 0 amide bonds. The number of hydrogen-bond donors (Lipinski definition) is 1. The molecule has 10 heteroatoms. The van der Waals surface area contributed by atoms with Gasteiger partial charge in [0.2, 0.25) is 5.95 Å². The molecule has 0 atom stereocenters. The summed E-state index contributed by atoms with van der Waals surface area (Å²) >= 11 is 2.19. The summed E-state index contributed by atoms with van der Waals surface area (Å²) in [6.07, 6.45) is 6.98. The van der Waals surface area contributed by atoms with E-state index in [1.54, 1.807) is 23.0 Å². The number of nitrogens with two attached hydrogens (primary N) is 1. The van der Waals surface area contributed by atoms with Gasteiger partial charge in [-0.2, -0.15) is 5.26 Å². The van der Waals surface area contributed by atoms with E-state index in [1.807, 2.05) is 30.3 Å². The topological polar surface area (TPSA) is 128 Å². The van der Waals surface area contributed by atoms with Crippen LogP contribution in [-0.4, -0.2) is 36.6 Å². The van der Waals surface area contributed by atoms with Crippen LogP contribution < -0.4 is 5.73 Å². The van der Waals surface area contributed by atoms with E-state index in [0.717, 1.165) is 27.1 Å². The van der Waals surface area contributed by atoms with Gasteiger partial charge < -0.3 is 10.5 Å². The molecule has 1 saturated carbocycles. The lowest BCUT2D eigenvalue weighted by Gasteiger charge is -2.10. The maximum Gasteiger partial charge on any atom is 0.221 e. The van der Waals surface area contributed by atoms with Gasteiger partial charge in [-0.3, -0.25) is 4.98 Å². The number of hydrogen-bond acceptors (Lipinski definition) is 8. The van der Waals surface area contributed by atoms with Crippen molar-refractivity contribution < 1.29 is 4.74 Å². The summed E-state index contributed by atoms with van der Waals surface area (Å²) in [5, 5.41) is 18.1. The molecule has 3 aromatic heterocycles. The Balaban J connectivity index is 1.31. The van der Waals surface area contributed by atoms with E-state index in [-0.39, 0.29) is 5.95 Å². The molecule has 0 unspecified atom stereocenters. The fraction of sp³-hybridized carbons (Fsp3) is 0.308. The molecular formula is C26H25IN8O. The van der Waals surface area contributed by atoms with Crippen molar-refractivity contribution in [3.05, 3.63) is 69.2 Å². The summed E-state index contributed by atoms with van der Waals surface area (Å²) in [5.74, 6) is 0.794. The molecule has 1 aromatic carbocycles. The first-order valence-corrected chi connectivity index (χ1v) is 12.9. The number of nitrogen functional groups attached to an aromatic ring is 1. The van der Waals surface area contributed by atoms with Gasteiger partial charge in [0, 0.05) is 15.7 Å². The molecule has 5 rings (SSSR count). The van der Waals surface area contributed by atoms with Gasteiger partial charge in [-0.15, -0.1) is 5.10 Å². The predicted molar refractivity (Wildman–Crippen MR) is 143 cm³/mol. The average molecular weight is 592 g/mol. The largest absolute Gasteiger partial charge is 0.375 e. The minimum Gasteiger partial charge on any atom is -0.375 e. The number of nitrogens with zero attached hydrogens (tertiary/aromatic N) is 7. The standard InChI is InChI=1S/C26H25IN8O/c27-21-10-3-7-18(12-28)25(21)23-11-22(31-26(29)32-23)24-14-35(34-33-24)13-19-8-4-9-20(30-19)16-36-15-17-5-1-2-6-17/h3-4,7-11,14,17H,1-2,5-6,13,15-16H2,(H2,29,31,32). The SMILES string of the molecule is N#Cc1cccc(I)c1-c1cc(-c2cn(Cc3cccc(COCC4CCCC4)n3)nn2)nc(N)n1. The van der Waals surface area contributed by atoms with Gasteiger partial charge in [-0.1, -0.05) is 30.2 Å². The molecule has 4 aromatic rings. The molecule has 0 spiro atoms. The van der Waals surface area contributed by atoms with Crippen LogP contribution in [0.3, 0.4) is 0 Å². The predicted octanol–water partition coefficient (Wildman–Crippen LogP) is 4.61. The Labute approximate surface area is 222 Å². The highest BCUT2D eigenvalue weighted by Crippen LogP contribution is 2.30. The molecule has 1 aliphatic carbocycles. The lowest BCUT2D eigenvalue weighted by molar-refractivity contribution is 0.0866. The smallest absolute Gasteiger partial charge is 0.221 e. The first kappa shape index (κ1) is 24.3. The number of benzene rings is 1. The maximum atomic E-state index is 9.55. The minimum absolute atomic E-state index is 0.104. The second-order valence-corrected chi connectivity index (χ2v) is 10.0. The van der Waals surface area contributed by atoms with Crippen molar-refractivity contribution in [2.24, 2.45) is 5.92 Å². The van der Waals surface area contributed by atoms with E-state index in [1.165, 1.54) is 25.7 Å². The highest BCUT2D eigenvalue weighted by Gasteiger charge is 2.16. The van der Waals surface area contributed by atoms with Crippen LogP contribution in [-0.2, 0) is 17.9 Å². The minimum atomic E-state index is 0.104. The van der Waals surface area contributed by atoms with E-state index in [0.29, 0.717) is 41.7 Å². The first-order chi connectivity index (χ1) is 17.6. The van der Waals surface area contributed by atoms with Crippen molar-refractivity contribution >= 4 is 28.5 Å². The fourth-order valence-electron chi connectivity index (χ4n) is 4.47. The van der Waals surface area contributed by atoms with Crippen molar-refractivity contribution in [2.45, 2.75) is 38.8 Å². The molecule has 1 fully saturated rings. The molecular weight excluding hydrogens is 567 g/mol. The highest BCUT2D eigenvalue weighted by atomic mass is 127. The Hall–Kier alpha value is -3.43.